The molecule has 0 aliphatic heterocycles. The summed E-state index contributed by atoms with van der Waals surface area (Å²) in [4.78, 5) is 22.5. The molecule has 32 heavy (non-hydrogen) atoms. The molecule has 0 unspecified atom stereocenters. The molecule has 0 spiro atoms. The first kappa shape index (κ1) is 26.7. The van der Waals surface area contributed by atoms with Crippen LogP contribution in [-0.2, 0) is 14.2 Å². The number of carboxylic acid groups (broad SMARTS) is 1. The third-order valence-electron chi connectivity index (χ3n) is 7.12. The SMILES string of the molecule is O=C(O)OC1CCC(CCCCCOC(=O)OC2CCC(CCCCCCO)CC2)CC1. The van der Waals surface area contributed by atoms with Gasteiger partial charge in [0.2, 0.25) is 0 Å². The van der Waals surface area contributed by atoms with Crippen molar-refractivity contribution in [2.75, 3.05) is 13.2 Å². The van der Waals surface area contributed by atoms with E-state index in [-0.39, 0.29) is 12.2 Å². The second-order valence-electron chi connectivity index (χ2n) is 9.66. The molecule has 0 atom stereocenters. The lowest BCUT2D eigenvalue weighted by atomic mass is 9.84. The fourth-order valence-corrected chi connectivity index (χ4v) is 5.16. The number of carbonyl (C=O) groups is 2. The smallest absolute Gasteiger partial charge is 0.450 e. The molecule has 0 saturated heterocycles. The number of rotatable bonds is 14. The Morgan fingerprint density at radius 1 is 0.656 bits per heavy atom. The van der Waals surface area contributed by atoms with Gasteiger partial charge >= 0.3 is 12.3 Å². The third-order valence-corrected chi connectivity index (χ3v) is 7.12. The molecule has 7 heteroatoms. The van der Waals surface area contributed by atoms with Gasteiger partial charge in [0, 0.05) is 6.61 Å². The summed E-state index contributed by atoms with van der Waals surface area (Å²) in [6.45, 7) is 0.717. The molecule has 2 aliphatic carbocycles. The molecule has 0 radical (unpaired) electrons. The van der Waals surface area contributed by atoms with Gasteiger partial charge in [0.1, 0.15) is 12.2 Å². The Morgan fingerprint density at radius 3 is 1.69 bits per heavy atom. The van der Waals surface area contributed by atoms with Crippen molar-refractivity contribution in [3.63, 3.8) is 0 Å². The number of carbonyl (C=O) groups excluding carboxylic acids is 1. The summed E-state index contributed by atoms with van der Waals surface area (Å²) in [5.41, 5.74) is 0. The van der Waals surface area contributed by atoms with Crippen molar-refractivity contribution >= 4 is 12.3 Å². The molecule has 0 aromatic rings. The summed E-state index contributed by atoms with van der Waals surface area (Å²) in [7, 11) is 0. The number of ether oxygens (including phenoxy) is 3. The van der Waals surface area contributed by atoms with Crippen LogP contribution in [0.15, 0.2) is 0 Å². The van der Waals surface area contributed by atoms with Crippen molar-refractivity contribution in [2.24, 2.45) is 11.8 Å². The number of hydrogen-bond donors (Lipinski definition) is 2. The van der Waals surface area contributed by atoms with E-state index in [4.69, 9.17) is 24.4 Å². The Morgan fingerprint density at radius 2 is 1.16 bits per heavy atom. The van der Waals surface area contributed by atoms with E-state index in [0.29, 0.717) is 19.1 Å². The van der Waals surface area contributed by atoms with Crippen molar-refractivity contribution < 1.29 is 34.0 Å². The van der Waals surface area contributed by atoms with Gasteiger partial charge in [-0.3, -0.25) is 0 Å². The topological polar surface area (TPSA) is 102 Å². The minimum atomic E-state index is -1.17. The first-order chi connectivity index (χ1) is 15.6. The molecule has 2 fully saturated rings. The summed E-state index contributed by atoms with van der Waals surface area (Å²) >= 11 is 0. The summed E-state index contributed by atoms with van der Waals surface area (Å²) in [6, 6.07) is 0. The average molecular weight is 457 g/mol. The zero-order chi connectivity index (χ0) is 23.0. The molecule has 7 nitrogen and oxygen atoms in total. The summed E-state index contributed by atoms with van der Waals surface area (Å²) < 4.78 is 15.6. The lowest BCUT2D eigenvalue weighted by Crippen LogP contribution is -2.25. The zero-order valence-electron chi connectivity index (χ0n) is 19.7. The minimum absolute atomic E-state index is 0.00775. The van der Waals surface area contributed by atoms with E-state index in [0.717, 1.165) is 95.8 Å². The van der Waals surface area contributed by atoms with E-state index >= 15 is 0 Å². The Labute approximate surface area is 193 Å². The molecule has 0 heterocycles. The quantitative estimate of drug-likeness (QED) is 0.228. The van der Waals surface area contributed by atoms with Crippen LogP contribution in [0, 0.1) is 11.8 Å². The van der Waals surface area contributed by atoms with Crippen LogP contribution in [0.25, 0.3) is 0 Å². The molecule has 0 bridgehead atoms. The van der Waals surface area contributed by atoms with Crippen LogP contribution in [-0.4, -0.2) is 47.9 Å². The monoisotopic (exact) mass is 456 g/mol. The van der Waals surface area contributed by atoms with E-state index < -0.39 is 12.3 Å². The minimum Gasteiger partial charge on any atom is -0.450 e. The number of hydrogen-bond acceptors (Lipinski definition) is 6. The van der Waals surface area contributed by atoms with Gasteiger partial charge in [0.15, 0.2) is 0 Å². The Bertz CT molecular complexity index is 508. The first-order valence-corrected chi connectivity index (χ1v) is 12.9. The molecule has 0 amide bonds. The summed E-state index contributed by atoms with van der Waals surface area (Å²) in [5, 5.41) is 17.5. The van der Waals surface area contributed by atoms with Crippen LogP contribution >= 0.6 is 0 Å². The van der Waals surface area contributed by atoms with Gasteiger partial charge < -0.3 is 24.4 Å². The van der Waals surface area contributed by atoms with Gasteiger partial charge in [-0.15, -0.1) is 0 Å². The molecule has 0 aromatic carbocycles. The molecular weight excluding hydrogens is 412 g/mol. The van der Waals surface area contributed by atoms with Crippen molar-refractivity contribution in [1.29, 1.82) is 0 Å². The lowest BCUT2D eigenvalue weighted by Gasteiger charge is -2.28. The first-order valence-electron chi connectivity index (χ1n) is 12.9. The van der Waals surface area contributed by atoms with Crippen molar-refractivity contribution in [3.8, 4) is 0 Å². The number of aliphatic hydroxyl groups excluding tert-OH is 1. The number of aliphatic hydroxyl groups is 1. The van der Waals surface area contributed by atoms with Crippen molar-refractivity contribution in [3.05, 3.63) is 0 Å². The van der Waals surface area contributed by atoms with Gasteiger partial charge in [0.05, 0.1) is 6.61 Å². The molecule has 2 N–H and O–H groups in total. The van der Waals surface area contributed by atoms with E-state index in [1.807, 2.05) is 0 Å². The van der Waals surface area contributed by atoms with Crippen LogP contribution in [0.3, 0.4) is 0 Å². The molecule has 2 saturated carbocycles. The van der Waals surface area contributed by atoms with Gasteiger partial charge in [-0.25, -0.2) is 9.59 Å². The predicted octanol–water partition coefficient (Wildman–Crippen LogP) is 6.46. The Kier molecular flexibility index (Phi) is 13.5. The molecular formula is C25H44O7. The van der Waals surface area contributed by atoms with Crippen molar-refractivity contribution in [1.82, 2.24) is 0 Å². The van der Waals surface area contributed by atoms with E-state index in [2.05, 4.69) is 0 Å². The van der Waals surface area contributed by atoms with Crippen LogP contribution in [0.4, 0.5) is 9.59 Å². The van der Waals surface area contributed by atoms with Crippen LogP contribution in [0.5, 0.6) is 0 Å². The van der Waals surface area contributed by atoms with E-state index in [9.17, 15) is 9.59 Å². The zero-order valence-corrected chi connectivity index (χ0v) is 19.7. The Balaban J connectivity index is 1.40. The van der Waals surface area contributed by atoms with Gasteiger partial charge in [-0.05, 0) is 76.0 Å². The highest BCUT2D eigenvalue weighted by molar-refractivity contribution is 5.60. The fraction of sp³-hybridized carbons (Fsp3) is 0.920. The average Bonchev–Trinajstić information content (AvgIpc) is 2.78. The van der Waals surface area contributed by atoms with Crippen molar-refractivity contribution in [2.45, 2.75) is 121 Å². The maximum Gasteiger partial charge on any atom is 0.508 e. The lowest BCUT2D eigenvalue weighted by molar-refractivity contribution is 0.00448. The maximum absolute atomic E-state index is 11.9. The molecule has 186 valence electrons. The Hall–Kier alpha value is -1.50. The summed E-state index contributed by atoms with van der Waals surface area (Å²) in [5.74, 6) is 1.41. The largest absolute Gasteiger partial charge is 0.508 e. The highest BCUT2D eigenvalue weighted by Gasteiger charge is 2.25. The van der Waals surface area contributed by atoms with Crippen LogP contribution < -0.4 is 0 Å². The third kappa shape index (κ3) is 11.9. The molecule has 0 aromatic heterocycles. The highest BCUT2D eigenvalue weighted by Crippen LogP contribution is 2.31. The number of unbranched alkanes of at least 4 members (excludes halogenated alkanes) is 5. The normalized spacial score (nSPS) is 25.8. The standard InChI is InChI=1S/C25H44O7/c26-18-6-2-1-4-8-20-12-16-23(17-13-20)32-25(29)30-19-7-3-5-9-21-10-14-22(15-11-21)31-24(27)28/h20-23,26H,1-19H2,(H,27,28). The van der Waals surface area contributed by atoms with Crippen LogP contribution in [0.1, 0.15) is 109 Å². The van der Waals surface area contributed by atoms with E-state index in [1.165, 1.54) is 19.3 Å². The second kappa shape index (κ2) is 16.2. The summed E-state index contributed by atoms with van der Waals surface area (Å²) in [6.07, 6.45) is 15.9. The predicted molar refractivity (Wildman–Crippen MR) is 122 cm³/mol. The maximum atomic E-state index is 11.9. The van der Waals surface area contributed by atoms with E-state index in [1.54, 1.807) is 0 Å². The fourth-order valence-electron chi connectivity index (χ4n) is 5.16. The second-order valence-corrected chi connectivity index (χ2v) is 9.66. The van der Waals surface area contributed by atoms with Gasteiger partial charge in [-0.1, -0.05) is 44.9 Å². The van der Waals surface area contributed by atoms with Gasteiger partial charge in [0.25, 0.3) is 0 Å². The molecule has 2 aliphatic rings. The van der Waals surface area contributed by atoms with Crippen LogP contribution in [0.2, 0.25) is 0 Å². The highest BCUT2D eigenvalue weighted by atomic mass is 16.7. The molecule has 2 rings (SSSR count). The van der Waals surface area contributed by atoms with Gasteiger partial charge in [-0.2, -0.15) is 0 Å².